The number of rotatable bonds is 0. The quantitative estimate of drug-likeness (QED) is 0.586. The van der Waals surface area contributed by atoms with Crippen LogP contribution in [0.5, 0.6) is 0 Å². The molecular weight excluding hydrogens is 134 g/mol. The number of aromatic amines is 1. The molecular formula is C10H11N. The van der Waals surface area contributed by atoms with Gasteiger partial charge in [0, 0.05) is 17.1 Å². The van der Waals surface area contributed by atoms with Gasteiger partial charge in [0.1, 0.15) is 0 Å². The van der Waals surface area contributed by atoms with Crippen molar-refractivity contribution in [3.05, 3.63) is 50.4 Å². The van der Waals surface area contributed by atoms with Gasteiger partial charge in [-0.05, 0) is 18.6 Å². The summed E-state index contributed by atoms with van der Waals surface area (Å²) in [6.45, 7) is 3.88. The first kappa shape index (κ1) is 7.86. The van der Waals surface area contributed by atoms with Crippen LogP contribution < -0.4 is 0 Å². The summed E-state index contributed by atoms with van der Waals surface area (Å²) in [4.78, 5) is 3.13. The second-order valence-electron chi connectivity index (χ2n) is 2.36. The van der Waals surface area contributed by atoms with E-state index in [1.165, 1.54) is 5.39 Å². The van der Waals surface area contributed by atoms with Crippen LogP contribution in [0, 0.1) is 14.4 Å². The molecule has 56 valence electrons. The van der Waals surface area contributed by atoms with E-state index in [-0.39, 0.29) is 7.43 Å². The predicted octanol–water partition coefficient (Wildman–Crippen LogP) is 2.80. The largest absolute Gasteiger partial charge is 0.361 e. The lowest BCUT2D eigenvalue weighted by atomic mass is 10.2. The molecule has 1 aromatic heterocycles. The standard InChI is InChI=1S/C9H8N.CH3/c1-7-6-10-9-5-3-2-4-8(7)9;/h2-6,10H,1H2;1H3. The summed E-state index contributed by atoms with van der Waals surface area (Å²) in [6.07, 6.45) is 1.92. The number of aromatic nitrogens is 1. The Hall–Kier alpha value is -1.24. The lowest BCUT2D eigenvalue weighted by Crippen LogP contribution is -1.64. The van der Waals surface area contributed by atoms with Gasteiger partial charge in [-0.1, -0.05) is 25.6 Å². The Labute approximate surface area is 67.1 Å². The van der Waals surface area contributed by atoms with Crippen LogP contribution in [0.15, 0.2) is 30.5 Å². The molecule has 2 radical (unpaired) electrons. The highest BCUT2D eigenvalue weighted by Gasteiger charge is 1.94. The molecule has 0 amide bonds. The van der Waals surface area contributed by atoms with Gasteiger partial charge in [0.2, 0.25) is 0 Å². The summed E-state index contributed by atoms with van der Waals surface area (Å²) in [5.41, 5.74) is 2.23. The third-order valence-corrected chi connectivity index (χ3v) is 1.67. The third kappa shape index (κ3) is 1.14. The first-order chi connectivity index (χ1) is 4.88. The van der Waals surface area contributed by atoms with Crippen molar-refractivity contribution in [3.8, 4) is 0 Å². The highest BCUT2D eigenvalue weighted by molar-refractivity contribution is 5.83. The summed E-state index contributed by atoms with van der Waals surface area (Å²) in [5.74, 6) is 0. The monoisotopic (exact) mass is 145 g/mol. The SMILES string of the molecule is [CH2]c1c[nH]c2ccccc12.[CH3]. The lowest BCUT2D eigenvalue weighted by Gasteiger charge is -1.86. The van der Waals surface area contributed by atoms with Crippen molar-refractivity contribution in [1.82, 2.24) is 4.98 Å². The molecule has 1 aromatic carbocycles. The predicted molar refractivity (Wildman–Crippen MR) is 49.2 cm³/mol. The van der Waals surface area contributed by atoms with Crippen LogP contribution in [0.4, 0.5) is 0 Å². The van der Waals surface area contributed by atoms with Gasteiger partial charge in [0.15, 0.2) is 0 Å². The van der Waals surface area contributed by atoms with Gasteiger partial charge in [-0.2, -0.15) is 0 Å². The molecule has 0 spiro atoms. The van der Waals surface area contributed by atoms with Gasteiger partial charge in [0.05, 0.1) is 0 Å². The fraction of sp³-hybridized carbons (Fsp3) is 0. The van der Waals surface area contributed by atoms with Crippen molar-refractivity contribution >= 4 is 10.9 Å². The van der Waals surface area contributed by atoms with Gasteiger partial charge in [-0.3, -0.25) is 0 Å². The molecule has 1 nitrogen and oxygen atoms in total. The molecule has 0 unspecified atom stereocenters. The Morgan fingerprint density at radius 2 is 1.91 bits per heavy atom. The maximum absolute atomic E-state index is 3.88. The average Bonchev–Trinajstić information content (AvgIpc) is 2.34. The van der Waals surface area contributed by atoms with Crippen LogP contribution in [0.3, 0.4) is 0 Å². The van der Waals surface area contributed by atoms with Crippen molar-refractivity contribution in [2.75, 3.05) is 0 Å². The number of hydrogen-bond donors (Lipinski definition) is 1. The van der Waals surface area contributed by atoms with Gasteiger partial charge >= 0.3 is 0 Å². The van der Waals surface area contributed by atoms with Crippen LogP contribution in [-0.2, 0) is 0 Å². The maximum atomic E-state index is 3.88. The molecule has 0 atom stereocenters. The van der Waals surface area contributed by atoms with E-state index in [4.69, 9.17) is 0 Å². The zero-order valence-corrected chi connectivity index (χ0v) is 6.59. The molecule has 11 heavy (non-hydrogen) atoms. The Morgan fingerprint density at radius 1 is 1.18 bits per heavy atom. The van der Waals surface area contributed by atoms with Crippen LogP contribution in [-0.4, -0.2) is 4.98 Å². The van der Waals surface area contributed by atoms with Crippen LogP contribution in [0.2, 0.25) is 0 Å². The Kier molecular flexibility index (Phi) is 1.99. The van der Waals surface area contributed by atoms with Crippen LogP contribution in [0.1, 0.15) is 5.56 Å². The minimum atomic E-state index is 0. The Balaban J connectivity index is 0.000000605. The van der Waals surface area contributed by atoms with Crippen molar-refractivity contribution in [1.29, 1.82) is 0 Å². The highest BCUT2D eigenvalue weighted by Crippen LogP contribution is 2.15. The average molecular weight is 145 g/mol. The van der Waals surface area contributed by atoms with Gasteiger partial charge < -0.3 is 4.98 Å². The summed E-state index contributed by atoms with van der Waals surface area (Å²) < 4.78 is 0. The summed E-state index contributed by atoms with van der Waals surface area (Å²) in [5, 5.41) is 1.21. The van der Waals surface area contributed by atoms with Crippen molar-refractivity contribution < 1.29 is 0 Å². The third-order valence-electron chi connectivity index (χ3n) is 1.67. The fourth-order valence-electron chi connectivity index (χ4n) is 1.13. The molecule has 1 heteroatoms. The van der Waals surface area contributed by atoms with Crippen LogP contribution >= 0.6 is 0 Å². The van der Waals surface area contributed by atoms with Gasteiger partial charge in [0.25, 0.3) is 0 Å². The van der Waals surface area contributed by atoms with E-state index < -0.39 is 0 Å². The maximum Gasteiger partial charge on any atom is 0.0456 e. The molecule has 0 fully saturated rings. The molecule has 0 saturated heterocycles. The Morgan fingerprint density at radius 3 is 2.64 bits per heavy atom. The molecule has 1 N–H and O–H groups in total. The van der Waals surface area contributed by atoms with Gasteiger partial charge in [-0.25, -0.2) is 0 Å². The first-order valence-electron chi connectivity index (χ1n) is 3.26. The van der Waals surface area contributed by atoms with Gasteiger partial charge in [-0.15, -0.1) is 0 Å². The Bertz CT molecular complexity index is 346. The summed E-state index contributed by atoms with van der Waals surface area (Å²) in [7, 11) is 0. The highest BCUT2D eigenvalue weighted by atomic mass is 14.7. The summed E-state index contributed by atoms with van der Waals surface area (Å²) >= 11 is 0. The zero-order chi connectivity index (χ0) is 6.97. The number of benzene rings is 1. The van der Waals surface area contributed by atoms with E-state index in [1.807, 2.05) is 24.4 Å². The molecule has 0 bridgehead atoms. The molecule has 0 aliphatic rings. The minimum Gasteiger partial charge on any atom is -0.361 e. The fourth-order valence-corrected chi connectivity index (χ4v) is 1.13. The van der Waals surface area contributed by atoms with E-state index in [2.05, 4.69) is 18.0 Å². The molecule has 2 aromatic rings. The smallest absolute Gasteiger partial charge is 0.0456 e. The summed E-state index contributed by atoms with van der Waals surface area (Å²) in [6, 6.07) is 8.14. The minimum absolute atomic E-state index is 0. The zero-order valence-electron chi connectivity index (χ0n) is 6.59. The number of hydrogen-bond acceptors (Lipinski definition) is 0. The second kappa shape index (κ2) is 2.79. The topological polar surface area (TPSA) is 15.8 Å². The van der Waals surface area contributed by atoms with Crippen molar-refractivity contribution in [2.45, 2.75) is 0 Å². The van der Waals surface area contributed by atoms with E-state index in [0.717, 1.165) is 11.1 Å². The van der Waals surface area contributed by atoms with E-state index in [1.54, 1.807) is 0 Å². The normalized spacial score (nSPS) is 9.55. The second-order valence-corrected chi connectivity index (χ2v) is 2.36. The molecule has 0 aliphatic carbocycles. The van der Waals surface area contributed by atoms with Crippen molar-refractivity contribution in [2.24, 2.45) is 0 Å². The molecule has 2 rings (SSSR count). The van der Waals surface area contributed by atoms with Crippen molar-refractivity contribution in [3.63, 3.8) is 0 Å². The van der Waals surface area contributed by atoms with E-state index in [0.29, 0.717) is 0 Å². The first-order valence-corrected chi connectivity index (χ1v) is 3.26. The van der Waals surface area contributed by atoms with Crippen LogP contribution in [0.25, 0.3) is 10.9 Å². The molecule has 1 heterocycles. The number of H-pyrrole nitrogens is 1. The molecule has 0 aliphatic heterocycles. The molecule has 0 saturated carbocycles. The number of nitrogens with one attached hydrogen (secondary N) is 1. The number of para-hydroxylation sites is 1. The lowest BCUT2D eigenvalue weighted by molar-refractivity contribution is 1.46. The van der Waals surface area contributed by atoms with E-state index >= 15 is 0 Å². The number of fused-ring (bicyclic) bond motifs is 1. The van der Waals surface area contributed by atoms with E-state index in [9.17, 15) is 0 Å².